The summed E-state index contributed by atoms with van der Waals surface area (Å²) in [5, 5.41) is 22.7. The van der Waals surface area contributed by atoms with Crippen LogP contribution in [0.1, 0.15) is 53.0 Å². The first-order valence-corrected chi connectivity index (χ1v) is 11.6. The van der Waals surface area contributed by atoms with Crippen LogP contribution in [0.2, 0.25) is 0 Å². The summed E-state index contributed by atoms with van der Waals surface area (Å²) in [6.45, 7) is 9.38. The molecule has 182 valence electrons. The Hall–Kier alpha value is -2.83. The molecule has 3 rings (SSSR count). The molecule has 0 aromatic heterocycles. The number of aliphatic hydroxyl groups is 2. The number of ether oxygens (including phenoxy) is 1. The van der Waals surface area contributed by atoms with Crippen molar-refractivity contribution in [2.24, 2.45) is 10.9 Å². The number of nitrogens with zero attached hydrogens (tertiary/aromatic N) is 1. The van der Waals surface area contributed by atoms with Gasteiger partial charge in [-0.2, -0.15) is 0 Å². The Morgan fingerprint density at radius 1 is 1.12 bits per heavy atom. The van der Waals surface area contributed by atoms with Crippen LogP contribution < -0.4 is 10.6 Å². The third-order valence-corrected chi connectivity index (χ3v) is 5.80. The second-order valence-electron chi connectivity index (χ2n) is 10.1. The number of carbonyl (C=O) groups excluding carboxylic acids is 1. The predicted molar refractivity (Wildman–Crippen MR) is 130 cm³/mol. The quantitative estimate of drug-likeness (QED) is 0.460. The van der Waals surface area contributed by atoms with Crippen molar-refractivity contribution in [1.82, 2.24) is 0 Å². The van der Waals surface area contributed by atoms with Crippen molar-refractivity contribution >= 4 is 11.5 Å². The van der Waals surface area contributed by atoms with E-state index in [9.17, 15) is 19.4 Å². The lowest BCUT2D eigenvalue weighted by atomic mass is 9.76. The lowest BCUT2D eigenvalue weighted by molar-refractivity contribution is -0.157. The van der Waals surface area contributed by atoms with Crippen LogP contribution in [0.5, 0.6) is 0 Å². The number of halogens is 1. The van der Waals surface area contributed by atoms with E-state index < -0.39 is 29.3 Å². The van der Waals surface area contributed by atoms with Gasteiger partial charge >= 0.3 is 5.97 Å². The van der Waals surface area contributed by atoms with Crippen LogP contribution in [0, 0.1) is 11.7 Å². The Morgan fingerprint density at radius 3 is 2.38 bits per heavy atom. The van der Waals surface area contributed by atoms with Crippen LogP contribution in [0.3, 0.4) is 0 Å². The van der Waals surface area contributed by atoms with Crippen molar-refractivity contribution in [2.75, 3.05) is 0 Å². The molecule has 0 bridgehead atoms. The number of aliphatic hydroxyl groups excluding tert-OH is 2. The van der Waals surface area contributed by atoms with Gasteiger partial charge in [-0.3, -0.25) is 9.79 Å². The number of benzene rings is 2. The molecular formula is C28H34FNO4. The van der Waals surface area contributed by atoms with E-state index >= 15 is 0 Å². The van der Waals surface area contributed by atoms with Gasteiger partial charge in [0.15, 0.2) is 0 Å². The first-order chi connectivity index (χ1) is 15.9. The van der Waals surface area contributed by atoms with Crippen LogP contribution in [0.15, 0.2) is 65.7 Å². The molecule has 0 saturated carbocycles. The highest BCUT2D eigenvalue weighted by Crippen LogP contribution is 2.38. The van der Waals surface area contributed by atoms with Crippen LogP contribution in [0.25, 0.3) is 5.57 Å². The summed E-state index contributed by atoms with van der Waals surface area (Å²) in [4.78, 5) is 17.0. The van der Waals surface area contributed by atoms with Crippen molar-refractivity contribution in [1.29, 1.82) is 0 Å². The van der Waals surface area contributed by atoms with E-state index in [1.807, 2.05) is 44.2 Å². The summed E-state index contributed by atoms with van der Waals surface area (Å²) in [6.07, 6.45) is 1.26. The summed E-state index contributed by atoms with van der Waals surface area (Å²) in [5.41, 5.74) is 0.382. The maximum atomic E-state index is 13.6. The van der Waals surface area contributed by atoms with E-state index in [0.29, 0.717) is 0 Å². The van der Waals surface area contributed by atoms with Gasteiger partial charge in [-0.25, -0.2) is 4.39 Å². The van der Waals surface area contributed by atoms with E-state index in [1.54, 1.807) is 39.0 Å². The molecule has 2 N–H and O–H groups in total. The van der Waals surface area contributed by atoms with Gasteiger partial charge in [0.05, 0.1) is 24.0 Å². The standard InChI is InChI=1S/C28H34FNO4/c1-18(2)28(15-14-21(31)16-22(32)17-25(33)34-27(3,4)5)26(19-10-12-20(29)13-11-19)23-8-6-7-9-24(23)30-28/h6-15,18,21-22,31-32H,16-17H2,1-5H3/b15-14+/t21-,22+,28+/m1/s1. The van der Waals surface area contributed by atoms with Crippen LogP contribution >= 0.6 is 0 Å². The summed E-state index contributed by atoms with van der Waals surface area (Å²) in [5.74, 6) is -0.800. The molecule has 1 aliphatic rings. The Bertz CT molecular complexity index is 1160. The molecule has 3 atom stereocenters. The molecular weight excluding hydrogens is 433 g/mol. The highest BCUT2D eigenvalue weighted by molar-refractivity contribution is 5.77. The van der Waals surface area contributed by atoms with Gasteiger partial charge in [0.1, 0.15) is 17.0 Å². The number of rotatable bonds is 8. The fourth-order valence-electron chi connectivity index (χ4n) is 4.26. The van der Waals surface area contributed by atoms with E-state index in [4.69, 9.17) is 9.73 Å². The first-order valence-electron chi connectivity index (χ1n) is 11.6. The average molecular weight is 468 g/mol. The average Bonchev–Trinajstić information content (AvgIpc) is 3.07. The van der Waals surface area contributed by atoms with Crippen molar-refractivity contribution < 1.29 is 24.1 Å². The van der Waals surface area contributed by atoms with Gasteiger partial charge in [-0.1, -0.05) is 56.3 Å². The number of fused-ring (bicyclic) bond motifs is 1. The molecule has 34 heavy (non-hydrogen) atoms. The topological polar surface area (TPSA) is 79.1 Å². The Morgan fingerprint density at radius 2 is 1.76 bits per heavy atom. The number of esters is 1. The predicted octanol–water partition coefficient (Wildman–Crippen LogP) is 3.45. The Balaban J connectivity index is 1.89. The number of para-hydroxylation sites is 1. The molecule has 2 aromatic carbocycles. The molecule has 5 nitrogen and oxygen atoms in total. The maximum absolute atomic E-state index is 13.6. The fourth-order valence-corrected chi connectivity index (χ4v) is 4.26. The minimum atomic E-state index is -1.04. The first kappa shape index (κ1) is 25.8. The zero-order valence-corrected chi connectivity index (χ0v) is 20.5. The van der Waals surface area contributed by atoms with Crippen molar-refractivity contribution in [3.8, 4) is 0 Å². The minimum absolute atomic E-state index is 0.0112. The normalized spacial score (nSPS) is 19.7. The molecule has 1 aliphatic heterocycles. The molecule has 2 aromatic rings. The smallest absolute Gasteiger partial charge is 0.308 e. The van der Waals surface area contributed by atoms with Gasteiger partial charge in [0.2, 0.25) is 0 Å². The van der Waals surface area contributed by atoms with Crippen molar-refractivity contribution in [3.63, 3.8) is 0 Å². The van der Waals surface area contributed by atoms with E-state index in [2.05, 4.69) is 0 Å². The molecule has 0 aliphatic carbocycles. The summed E-state index contributed by atoms with van der Waals surface area (Å²) in [7, 11) is 0. The highest BCUT2D eigenvalue weighted by atomic mass is 19.1. The molecule has 0 fully saturated rings. The largest absolute Gasteiger partial charge is 0.460 e. The van der Waals surface area contributed by atoms with Crippen molar-refractivity contribution in [3.05, 3.63) is 82.6 Å². The summed E-state index contributed by atoms with van der Waals surface area (Å²) < 4.78 is 18.9. The second kappa shape index (κ2) is 10.2. The molecule has 6 heteroatoms. The SMILES string of the molecule is CC(C)[C@]1(/C=C/[C@@H](O)C[C@H](O)CC(=O)OC(C)(C)C)N=c2ccccc2=C1c1ccc(F)cc1. The van der Waals surface area contributed by atoms with Crippen LogP contribution in [-0.4, -0.2) is 39.5 Å². The zero-order chi connectivity index (χ0) is 25.1. The van der Waals surface area contributed by atoms with Gasteiger partial charge in [-0.05, 0) is 50.5 Å². The fraction of sp³-hybridized carbons (Fsp3) is 0.429. The molecule has 0 saturated heterocycles. The monoisotopic (exact) mass is 467 g/mol. The zero-order valence-electron chi connectivity index (χ0n) is 20.5. The van der Waals surface area contributed by atoms with E-state index in [1.165, 1.54) is 12.1 Å². The third-order valence-electron chi connectivity index (χ3n) is 5.80. The molecule has 1 heterocycles. The number of hydrogen-bond acceptors (Lipinski definition) is 5. The lowest BCUT2D eigenvalue weighted by Gasteiger charge is -2.32. The van der Waals surface area contributed by atoms with Gasteiger partial charge in [0.25, 0.3) is 0 Å². The Labute approximate surface area is 200 Å². The Kier molecular flexibility index (Phi) is 7.74. The van der Waals surface area contributed by atoms with E-state index in [0.717, 1.165) is 21.7 Å². The molecule has 0 spiro atoms. The number of hydrogen-bond donors (Lipinski definition) is 2. The van der Waals surface area contributed by atoms with Gasteiger partial charge in [-0.15, -0.1) is 0 Å². The molecule has 0 amide bonds. The molecule has 0 radical (unpaired) electrons. The summed E-state index contributed by atoms with van der Waals surface area (Å²) in [6, 6.07) is 14.2. The maximum Gasteiger partial charge on any atom is 0.308 e. The second-order valence-corrected chi connectivity index (χ2v) is 10.1. The van der Waals surface area contributed by atoms with Crippen LogP contribution in [-0.2, 0) is 9.53 Å². The van der Waals surface area contributed by atoms with Crippen LogP contribution in [0.4, 0.5) is 4.39 Å². The van der Waals surface area contributed by atoms with E-state index in [-0.39, 0.29) is 24.6 Å². The lowest BCUT2D eigenvalue weighted by Crippen LogP contribution is -2.33. The van der Waals surface area contributed by atoms with Gasteiger partial charge < -0.3 is 14.9 Å². The number of carbonyl (C=O) groups is 1. The minimum Gasteiger partial charge on any atom is -0.460 e. The molecule has 0 unspecified atom stereocenters. The third kappa shape index (κ3) is 5.99. The summed E-state index contributed by atoms with van der Waals surface area (Å²) >= 11 is 0. The van der Waals surface area contributed by atoms with Gasteiger partial charge in [0, 0.05) is 17.2 Å². The highest BCUT2D eigenvalue weighted by Gasteiger charge is 2.39. The van der Waals surface area contributed by atoms with Crippen molar-refractivity contribution in [2.45, 2.75) is 70.8 Å².